The van der Waals surface area contributed by atoms with Crippen molar-refractivity contribution in [1.82, 2.24) is 0 Å². The van der Waals surface area contributed by atoms with Crippen molar-refractivity contribution < 1.29 is 18.6 Å². The van der Waals surface area contributed by atoms with E-state index in [0.717, 1.165) is 25.7 Å². The van der Waals surface area contributed by atoms with Crippen molar-refractivity contribution in [3.8, 4) is 0 Å². The van der Waals surface area contributed by atoms with Gasteiger partial charge in [-0.05, 0) is 49.9 Å². The fraction of sp³-hybridized carbons (Fsp3) is 0.788. The molecule has 217 valence electrons. The zero-order valence-electron chi connectivity index (χ0n) is 25.4. The van der Waals surface area contributed by atoms with Crippen molar-refractivity contribution in [2.45, 2.75) is 166 Å². The molecular formula is C33H57O4Si. The lowest BCUT2D eigenvalue weighted by atomic mass is 10.0. The van der Waals surface area contributed by atoms with Gasteiger partial charge in [-0.15, -0.1) is 0 Å². The van der Waals surface area contributed by atoms with Gasteiger partial charge in [-0.25, -0.2) is 0 Å². The summed E-state index contributed by atoms with van der Waals surface area (Å²) in [5, 5.41) is 0.179. The van der Waals surface area contributed by atoms with Crippen molar-refractivity contribution in [2.75, 3.05) is 0 Å². The molecule has 0 aliphatic carbocycles. The Morgan fingerprint density at radius 1 is 0.921 bits per heavy atom. The van der Waals surface area contributed by atoms with Gasteiger partial charge in [0, 0.05) is 6.42 Å². The van der Waals surface area contributed by atoms with Crippen molar-refractivity contribution in [2.24, 2.45) is 0 Å². The van der Waals surface area contributed by atoms with Crippen LogP contribution in [0.4, 0.5) is 0 Å². The molecule has 0 N–H and O–H groups in total. The van der Waals surface area contributed by atoms with E-state index in [-0.39, 0.29) is 41.7 Å². The van der Waals surface area contributed by atoms with Crippen molar-refractivity contribution >= 4 is 8.32 Å². The summed E-state index contributed by atoms with van der Waals surface area (Å²) in [6.45, 7) is 18.7. The Balaban J connectivity index is 1.51. The number of rotatable bonds is 16. The Bertz CT molecular complexity index is 777. The first-order chi connectivity index (χ1) is 18.1. The average molecular weight is 546 g/mol. The minimum absolute atomic E-state index is 0.0611. The van der Waals surface area contributed by atoms with Crippen molar-refractivity contribution in [3.63, 3.8) is 0 Å². The molecule has 2 aliphatic heterocycles. The fourth-order valence-electron chi connectivity index (χ4n) is 5.54. The van der Waals surface area contributed by atoms with Crippen LogP contribution in [0.1, 0.15) is 110 Å². The molecule has 1 radical (unpaired) electrons. The normalized spacial score (nSPS) is 27.2. The second kappa shape index (κ2) is 15.3. The van der Waals surface area contributed by atoms with Crippen LogP contribution in [0.3, 0.4) is 0 Å². The highest BCUT2D eigenvalue weighted by molar-refractivity contribution is 6.74. The Hall–Kier alpha value is -0.723. The van der Waals surface area contributed by atoms with Gasteiger partial charge in [-0.3, -0.25) is 0 Å². The molecule has 0 aromatic heterocycles. The van der Waals surface area contributed by atoms with E-state index in [0.29, 0.717) is 6.61 Å². The van der Waals surface area contributed by atoms with Gasteiger partial charge >= 0.3 is 0 Å². The largest absolute Gasteiger partial charge is 0.411 e. The number of hydrogen-bond acceptors (Lipinski definition) is 4. The summed E-state index contributed by atoms with van der Waals surface area (Å²) in [5.74, 6) is 0. The first kappa shape index (κ1) is 31.8. The lowest BCUT2D eigenvalue weighted by Gasteiger charge is -2.39. The Morgan fingerprint density at radius 3 is 2.24 bits per heavy atom. The first-order valence-electron chi connectivity index (χ1n) is 15.6. The SMILES string of the molecule is [CH2][C@@H]1O[C@@H]([C@H]2CC[C@H]([C@@H](CCCCCCCCCC)OCc3ccccc3)O2)C[C@H]1O[Si](C)(C)C(C)(C)C. The summed E-state index contributed by atoms with van der Waals surface area (Å²) < 4.78 is 26.3. The van der Waals surface area contributed by atoms with E-state index < -0.39 is 8.32 Å². The van der Waals surface area contributed by atoms with Crippen LogP contribution in [0.15, 0.2) is 30.3 Å². The lowest BCUT2D eigenvalue weighted by molar-refractivity contribution is -0.110. The number of benzene rings is 1. The predicted molar refractivity (Wildman–Crippen MR) is 161 cm³/mol. The maximum Gasteiger partial charge on any atom is 0.192 e. The average Bonchev–Trinajstić information content (AvgIpc) is 3.49. The standard InChI is InChI=1S/C33H57O4Si/c1-8-9-10-11-12-13-14-18-21-28(34-25-27-19-16-15-17-20-27)29-22-23-30(36-29)32-24-31(26(2)35-32)37-38(6,7)33(3,4)5/h15-17,19-20,26,28-32H,2,8-14,18,21-25H2,1,3-7H3/t26-,28+,29+,30+,31+,32+/m0/s1. The van der Waals surface area contributed by atoms with Crippen molar-refractivity contribution in [1.29, 1.82) is 0 Å². The van der Waals surface area contributed by atoms with Gasteiger partial charge in [0.25, 0.3) is 0 Å². The summed E-state index contributed by atoms with van der Waals surface area (Å²) in [6.07, 6.45) is 15.0. The van der Waals surface area contributed by atoms with Gasteiger partial charge in [0.2, 0.25) is 0 Å². The molecule has 5 heteroatoms. The topological polar surface area (TPSA) is 36.9 Å². The molecular weight excluding hydrogens is 488 g/mol. The molecule has 0 unspecified atom stereocenters. The summed E-state index contributed by atoms with van der Waals surface area (Å²) in [7, 11) is -1.87. The van der Waals surface area contributed by atoms with Crippen LogP contribution in [0.25, 0.3) is 0 Å². The number of ether oxygens (including phenoxy) is 3. The third kappa shape index (κ3) is 9.73. The van der Waals surface area contributed by atoms with Gasteiger partial charge in [-0.1, -0.05) is 109 Å². The lowest BCUT2D eigenvalue weighted by Crippen LogP contribution is -2.45. The number of hydrogen-bond donors (Lipinski definition) is 0. The van der Waals surface area contributed by atoms with Crippen LogP contribution in [-0.4, -0.2) is 44.9 Å². The van der Waals surface area contributed by atoms with Crippen LogP contribution < -0.4 is 0 Å². The molecule has 3 rings (SSSR count). The van der Waals surface area contributed by atoms with Gasteiger partial charge in [-0.2, -0.15) is 0 Å². The van der Waals surface area contributed by atoms with E-state index >= 15 is 0 Å². The maximum atomic E-state index is 6.71. The Labute approximate surface area is 235 Å². The second-order valence-electron chi connectivity index (χ2n) is 13.3. The molecule has 6 atom stereocenters. The fourth-order valence-corrected chi connectivity index (χ4v) is 6.90. The maximum absolute atomic E-state index is 6.71. The van der Waals surface area contributed by atoms with E-state index in [4.69, 9.17) is 18.6 Å². The smallest absolute Gasteiger partial charge is 0.192 e. The van der Waals surface area contributed by atoms with Crippen LogP contribution in [0, 0.1) is 6.92 Å². The van der Waals surface area contributed by atoms with Gasteiger partial charge in [0.1, 0.15) is 0 Å². The van der Waals surface area contributed by atoms with E-state index in [2.05, 4.69) is 78.0 Å². The molecule has 0 spiro atoms. The first-order valence-corrected chi connectivity index (χ1v) is 18.5. The van der Waals surface area contributed by atoms with Crippen molar-refractivity contribution in [3.05, 3.63) is 42.8 Å². The molecule has 4 nitrogen and oxygen atoms in total. The molecule has 1 aromatic rings. The van der Waals surface area contributed by atoms with E-state index in [1.165, 1.54) is 56.9 Å². The summed E-state index contributed by atoms with van der Waals surface area (Å²) in [5.41, 5.74) is 1.23. The van der Waals surface area contributed by atoms with Crippen LogP contribution in [0.2, 0.25) is 18.1 Å². The van der Waals surface area contributed by atoms with E-state index in [9.17, 15) is 0 Å². The van der Waals surface area contributed by atoms with Gasteiger partial charge < -0.3 is 18.6 Å². The van der Waals surface area contributed by atoms with Crippen LogP contribution in [-0.2, 0) is 25.2 Å². The second-order valence-corrected chi connectivity index (χ2v) is 18.0. The van der Waals surface area contributed by atoms with Crippen LogP contribution in [0.5, 0.6) is 0 Å². The minimum atomic E-state index is -1.87. The Morgan fingerprint density at radius 2 is 1.58 bits per heavy atom. The quantitative estimate of drug-likeness (QED) is 0.153. The van der Waals surface area contributed by atoms with Crippen LogP contribution >= 0.6 is 0 Å². The molecule has 38 heavy (non-hydrogen) atoms. The highest BCUT2D eigenvalue weighted by Gasteiger charge is 2.46. The molecule has 2 fully saturated rings. The monoisotopic (exact) mass is 545 g/mol. The van der Waals surface area contributed by atoms with E-state index in [1.807, 2.05) is 0 Å². The highest BCUT2D eigenvalue weighted by atomic mass is 28.4. The van der Waals surface area contributed by atoms with Gasteiger partial charge in [0.15, 0.2) is 8.32 Å². The summed E-state index contributed by atoms with van der Waals surface area (Å²) in [6, 6.07) is 10.5. The van der Waals surface area contributed by atoms with Gasteiger partial charge in [0.05, 0.1) is 43.2 Å². The number of unbranched alkanes of at least 4 members (excludes halogenated alkanes) is 7. The predicted octanol–water partition coefficient (Wildman–Crippen LogP) is 9.03. The zero-order valence-corrected chi connectivity index (χ0v) is 26.4. The molecule has 0 amide bonds. The molecule has 2 heterocycles. The molecule has 2 saturated heterocycles. The summed E-state index contributed by atoms with van der Waals surface area (Å²) >= 11 is 0. The zero-order chi connectivity index (χ0) is 27.6. The van der Waals surface area contributed by atoms with E-state index in [1.54, 1.807) is 0 Å². The summed E-state index contributed by atoms with van der Waals surface area (Å²) in [4.78, 5) is 0. The molecule has 2 aliphatic rings. The molecule has 0 saturated carbocycles. The molecule has 0 bridgehead atoms. The third-order valence-electron chi connectivity index (χ3n) is 9.04. The Kier molecular flexibility index (Phi) is 12.8. The minimum Gasteiger partial charge on any atom is -0.411 e. The molecule has 1 aromatic carbocycles. The third-order valence-corrected chi connectivity index (χ3v) is 13.5. The highest BCUT2D eigenvalue weighted by Crippen LogP contribution is 2.41.